The van der Waals surface area contributed by atoms with Gasteiger partial charge in [0, 0.05) is 38.1 Å². The topological polar surface area (TPSA) is 45.7 Å². The molecule has 0 aromatic carbocycles. The van der Waals surface area contributed by atoms with Crippen molar-refractivity contribution in [1.82, 2.24) is 10.6 Å². The van der Waals surface area contributed by atoms with E-state index in [1.807, 2.05) is 18.8 Å². The van der Waals surface area contributed by atoms with Gasteiger partial charge in [0.25, 0.3) is 0 Å². The molecule has 1 saturated heterocycles. The fraction of sp³-hybridized carbons (Fsp3) is 0.929. The Hall–Kier alpha value is 0.310. The van der Waals surface area contributed by atoms with E-state index in [2.05, 4.69) is 21.9 Å². The Morgan fingerprint density at radius 3 is 2.50 bits per heavy atom. The Morgan fingerprint density at radius 2 is 2.00 bits per heavy atom. The van der Waals surface area contributed by atoms with Crippen LogP contribution in [-0.4, -0.2) is 50.3 Å². The summed E-state index contributed by atoms with van der Waals surface area (Å²) in [6.07, 6.45) is 8.60. The van der Waals surface area contributed by atoms with Gasteiger partial charge in [0.15, 0.2) is 5.96 Å². The molecule has 1 aliphatic carbocycles. The summed E-state index contributed by atoms with van der Waals surface area (Å²) in [6.45, 7) is 3.81. The summed E-state index contributed by atoms with van der Waals surface area (Å²) < 4.78 is 5.79. The molecule has 1 saturated carbocycles. The zero-order valence-electron chi connectivity index (χ0n) is 12.6. The Kier molecular flexibility index (Phi) is 8.59. The van der Waals surface area contributed by atoms with Gasteiger partial charge in [0.1, 0.15) is 0 Å². The summed E-state index contributed by atoms with van der Waals surface area (Å²) in [5.74, 6) is 1.81. The molecule has 20 heavy (non-hydrogen) atoms. The van der Waals surface area contributed by atoms with E-state index in [0.29, 0.717) is 4.75 Å². The number of hydrogen-bond acceptors (Lipinski definition) is 3. The van der Waals surface area contributed by atoms with Crippen molar-refractivity contribution in [1.29, 1.82) is 0 Å². The lowest BCUT2D eigenvalue weighted by atomic mass is 9.85. The molecule has 2 aliphatic rings. The van der Waals surface area contributed by atoms with Crippen LogP contribution in [-0.2, 0) is 4.74 Å². The van der Waals surface area contributed by atoms with Crippen molar-refractivity contribution in [2.75, 3.05) is 39.6 Å². The van der Waals surface area contributed by atoms with Crippen LogP contribution >= 0.6 is 35.7 Å². The molecule has 0 bridgehead atoms. The minimum Gasteiger partial charge on any atom is -0.381 e. The van der Waals surface area contributed by atoms with Gasteiger partial charge in [0.2, 0.25) is 0 Å². The van der Waals surface area contributed by atoms with Crippen molar-refractivity contribution in [2.45, 2.75) is 36.9 Å². The SMILES string of the molecule is CN=C(NCC1CCC1)NCC1(SC)CCOCC1.I. The second-order valence-electron chi connectivity index (χ2n) is 5.60. The Balaban J connectivity index is 0.00000200. The maximum Gasteiger partial charge on any atom is 0.191 e. The normalized spacial score (nSPS) is 22.6. The first-order chi connectivity index (χ1) is 9.28. The summed E-state index contributed by atoms with van der Waals surface area (Å²) in [4.78, 5) is 4.32. The number of halogens is 1. The smallest absolute Gasteiger partial charge is 0.191 e. The molecule has 118 valence electrons. The first kappa shape index (κ1) is 18.4. The highest BCUT2D eigenvalue weighted by Gasteiger charge is 2.31. The number of aliphatic imine (C=N–C) groups is 1. The third-order valence-corrected chi connectivity index (χ3v) is 5.84. The van der Waals surface area contributed by atoms with Crippen LogP contribution in [0.3, 0.4) is 0 Å². The van der Waals surface area contributed by atoms with Crippen molar-refractivity contribution in [3.63, 3.8) is 0 Å². The molecule has 0 aromatic rings. The predicted octanol–water partition coefficient (Wildman–Crippen LogP) is 2.48. The van der Waals surface area contributed by atoms with Crippen molar-refractivity contribution < 1.29 is 4.74 Å². The van der Waals surface area contributed by atoms with Crippen LogP contribution in [0.5, 0.6) is 0 Å². The van der Waals surface area contributed by atoms with E-state index in [1.165, 1.54) is 19.3 Å². The van der Waals surface area contributed by atoms with Gasteiger partial charge in [-0.25, -0.2) is 0 Å². The van der Waals surface area contributed by atoms with E-state index in [4.69, 9.17) is 4.74 Å². The first-order valence-corrected chi connectivity index (χ1v) is 8.58. The van der Waals surface area contributed by atoms with Gasteiger partial charge >= 0.3 is 0 Å². The van der Waals surface area contributed by atoms with Crippen LogP contribution in [0, 0.1) is 5.92 Å². The monoisotopic (exact) mass is 413 g/mol. The average Bonchev–Trinajstić information content (AvgIpc) is 2.41. The number of rotatable bonds is 5. The summed E-state index contributed by atoms with van der Waals surface area (Å²) in [5.41, 5.74) is 0. The standard InChI is InChI=1S/C14H27N3OS.HI/c1-15-13(16-10-12-4-3-5-12)17-11-14(19-2)6-8-18-9-7-14;/h12H,3-11H2,1-2H3,(H2,15,16,17);1H. The van der Waals surface area contributed by atoms with Gasteiger partial charge in [-0.05, 0) is 37.9 Å². The molecular formula is C14H28IN3OS. The average molecular weight is 413 g/mol. The van der Waals surface area contributed by atoms with Gasteiger partial charge in [-0.2, -0.15) is 11.8 Å². The molecule has 0 unspecified atom stereocenters. The highest BCUT2D eigenvalue weighted by Crippen LogP contribution is 2.33. The highest BCUT2D eigenvalue weighted by atomic mass is 127. The lowest BCUT2D eigenvalue weighted by Gasteiger charge is -2.36. The Bertz CT molecular complexity index is 305. The number of ether oxygens (including phenoxy) is 1. The predicted molar refractivity (Wildman–Crippen MR) is 98.4 cm³/mol. The molecule has 2 N–H and O–H groups in total. The third kappa shape index (κ3) is 5.26. The van der Waals surface area contributed by atoms with E-state index in [-0.39, 0.29) is 24.0 Å². The minimum absolute atomic E-state index is 0. The first-order valence-electron chi connectivity index (χ1n) is 7.35. The van der Waals surface area contributed by atoms with E-state index >= 15 is 0 Å². The zero-order valence-corrected chi connectivity index (χ0v) is 15.8. The summed E-state index contributed by atoms with van der Waals surface area (Å²) in [5, 5.41) is 6.95. The van der Waals surface area contributed by atoms with Crippen LogP contribution in [0.15, 0.2) is 4.99 Å². The Morgan fingerprint density at radius 1 is 1.30 bits per heavy atom. The molecule has 0 radical (unpaired) electrons. The molecule has 1 aliphatic heterocycles. The van der Waals surface area contributed by atoms with Crippen LogP contribution in [0.4, 0.5) is 0 Å². The molecule has 0 aromatic heterocycles. The number of hydrogen-bond donors (Lipinski definition) is 2. The molecule has 4 nitrogen and oxygen atoms in total. The van der Waals surface area contributed by atoms with Crippen LogP contribution in [0.25, 0.3) is 0 Å². The summed E-state index contributed by atoms with van der Waals surface area (Å²) >= 11 is 1.96. The maximum atomic E-state index is 5.47. The van der Waals surface area contributed by atoms with Crippen molar-refractivity contribution >= 4 is 41.7 Å². The minimum atomic E-state index is 0. The molecule has 1 heterocycles. The van der Waals surface area contributed by atoms with Gasteiger partial charge < -0.3 is 15.4 Å². The van der Waals surface area contributed by atoms with E-state index in [9.17, 15) is 0 Å². The third-order valence-electron chi connectivity index (χ3n) is 4.42. The molecule has 2 rings (SSSR count). The Labute approximate surface area is 144 Å². The van der Waals surface area contributed by atoms with Crippen molar-refractivity contribution in [2.24, 2.45) is 10.9 Å². The van der Waals surface area contributed by atoms with Crippen molar-refractivity contribution in [3.05, 3.63) is 0 Å². The second-order valence-corrected chi connectivity index (χ2v) is 6.88. The fourth-order valence-electron chi connectivity index (χ4n) is 2.60. The number of guanidine groups is 1. The van der Waals surface area contributed by atoms with Crippen LogP contribution < -0.4 is 10.6 Å². The quantitative estimate of drug-likeness (QED) is 0.413. The number of nitrogens with one attached hydrogen (secondary N) is 2. The molecule has 0 amide bonds. The van der Waals surface area contributed by atoms with Crippen LogP contribution in [0.2, 0.25) is 0 Å². The lowest BCUT2D eigenvalue weighted by Crippen LogP contribution is -2.48. The summed E-state index contributed by atoms with van der Waals surface area (Å²) in [6, 6.07) is 0. The highest BCUT2D eigenvalue weighted by molar-refractivity contribution is 14.0. The zero-order chi connectivity index (χ0) is 13.6. The fourth-order valence-corrected chi connectivity index (χ4v) is 3.39. The van der Waals surface area contributed by atoms with Crippen LogP contribution in [0.1, 0.15) is 32.1 Å². The maximum absolute atomic E-state index is 5.47. The van der Waals surface area contributed by atoms with Crippen molar-refractivity contribution in [3.8, 4) is 0 Å². The molecule has 6 heteroatoms. The van der Waals surface area contributed by atoms with Gasteiger partial charge in [-0.15, -0.1) is 24.0 Å². The van der Waals surface area contributed by atoms with E-state index in [0.717, 1.165) is 51.0 Å². The van der Waals surface area contributed by atoms with Gasteiger partial charge in [-0.1, -0.05) is 6.42 Å². The lowest BCUT2D eigenvalue weighted by molar-refractivity contribution is 0.0782. The summed E-state index contributed by atoms with van der Waals surface area (Å²) in [7, 11) is 1.85. The molecule has 2 fully saturated rings. The van der Waals surface area contributed by atoms with Gasteiger partial charge in [-0.3, -0.25) is 4.99 Å². The molecule has 0 atom stereocenters. The second kappa shape index (κ2) is 9.35. The number of nitrogens with zero attached hydrogens (tertiary/aromatic N) is 1. The molecule has 0 spiro atoms. The molecular weight excluding hydrogens is 385 g/mol. The van der Waals surface area contributed by atoms with E-state index < -0.39 is 0 Å². The van der Waals surface area contributed by atoms with E-state index in [1.54, 1.807) is 0 Å². The largest absolute Gasteiger partial charge is 0.381 e. The number of thioether (sulfide) groups is 1. The van der Waals surface area contributed by atoms with Gasteiger partial charge in [0.05, 0.1) is 0 Å².